The van der Waals surface area contributed by atoms with Crippen molar-refractivity contribution in [3.05, 3.63) is 42.6 Å². The summed E-state index contributed by atoms with van der Waals surface area (Å²) in [4.78, 5) is 19.9. The minimum atomic E-state index is -0.163. The van der Waals surface area contributed by atoms with E-state index in [1.165, 1.54) is 6.20 Å². The van der Waals surface area contributed by atoms with Crippen LogP contribution < -0.4 is 16.6 Å². The average Bonchev–Trinajstić information content (AvgIpc) is 2.91. The van der Waals surface area contributed by atoms with E-state index >= 15 is 0 Å². The molecule has 0 aromatic carbocycles. The van der Waals surface area contributed by atoms with Gasteiger partial charge in [-0.2, -0.15) is 0 Å². The predicted molar refractivity (Wildman–Crippen MR) is 71.2 cm³/mol. The number of rotatable bonds is 5. The summed E-state index contributed by atoms with van der Waals surface area (Å²) in [5.74, 6) is 5.56. The molecule has 1 unspecified atom stereocenters. The first kappa shape index (κ1) is 13.0. The van der Waals surface area contributed by atoms with E-state index in [1.807, 2.05) is 17.7 Å². The molecular formula is C12H16N6O. The highest BCUT2D eigenvalue weighted by atomic mass is 16.1. The summed E-state index contributed by atoms with van der Waals surface area (Å²) in [5.41, 5.74) is 2.91. The lowest BCUT2D eigenvalue weighted by molar-refractivity contribution is 0.0936. The summed E-state index contributed by atoms with van der Waals surface area (Å²) >= 11 is 0. The third-order valence-corrected chi connectivity index (χ3v) is 2.59. The van der Waals surface area contributed by atoms with Crippen LogP contribution in [0.3, 0.4) is 0 Å². The van der Waals surface area contributed by atoms with Crippen LogP contribution in [-0.2, 0) is 6.54 Å². The summed E-state index contributed by atoms with van der Waals surface area (Å²) in [6.07, 6.45) is 6.75. The SMILES string of the molecule is CC(Cn1ccnc1)NC(=O)c1ccc(NN)nc1. The molecule has 2 aromatic rings. The van der Waals surface area contributed by atoms with E-state index in [0.29, 0.717) is 17.9 Å². The van der Waals surface area contributed by atoms with Gasteiger partial charge in [-0.15, -0.1) is 0 Å². The zero-order valence-corrected chi connectivity index (χ0v) is 10.6. The molecule has 0 fully saturated rings. The van der Waals surface area contributed by atoms with E-state index in [9.17, 15) is 4.79 Å². The molecule has 7 heteroatoms. The molecular weight excluding hydrogens is 244 g/mol. The van der Waals surface area contributed by atoms with Gasteiger partial charge in [-0.25, -0.2) is 15.8 Å². The lowest BCUT2D eigenvalue weighted by atomic mass is 10.2. The molecule has 4 N–H and O–H groups in total. The summed E-state index contributed by atoms with van der Waals surface area (Å²) in [6, 6.07) is 3.31. The van der Waals surface area contributed by atoms with Gasteiger partial charge in [-0.05, 0) is 19.1 Å². The molecule has 2 rings (SSSR count). The van der Waals surface area contributed by atoms with Crippen LogP contribution in [0.1, 0.15) is 17.3 Å². The first-order valence-electron chi connectivity index (χ1n) is 5.88. The summed E-state index contributed by atoms with van der Waals surface area (Å²) in [7, 11) is 0. The molecule has 0 saturated heterocycles. The summed E-state index contributed by atoms with van der Waals surface area (Å²) < 4.78 is 1.91. The third kappa shape index (κ3) is 3.52. The molecule has 0 bridgehead atoms. The highest BCUT2D eigenvalue weighted by Gasteiger charge is 2.10. The average molecular weight is 260 g/mol. The number of hydrazine groups is 1. The number of nitrogens with two attached hydrogens (primary N) is 1. The van der Waals surface area contributed by atoms with E-state index in [0.717, 1.165) is 0 Å². The Morgan fingerprint density at radius 1 is 1.53 bits per heavy atom. The highest BCUT2D eigenvalue weighted by Crippen LogP contribution is 2.04. The van der Waals surface area contributed by atoms with E-state index in [-0.39, 0.29) is 11.9 Å². The fourth-order valence-corrected chi connectivity index (χ4v) is 1.68. The fourth-order valence-electron chi connectivity index (χ4n) is 1.68. The van der Waals surface area contributed by atoms with Gasteiger partial charge in [0.15, 0.2) is 0 Å². The molecule has 0 aliphatic carbocycles. The highest BCUT2D eigenvalue weighted by molar-refractivity contribution is 5.94. The molecule has 0 saturated carbocycles. The van der Waals surface area contributed by atoms with Gasteiger partial charge in [-0.1, -0.05) is 0 Å². The van der Waals surface area contributed by atoms with Crippen LogP contribution in [0.5, 0.6) is 0 Å². The first-order valence-corrected chi connectivity index (χ1v) is 5.88. The number of nitrogen functional groups attached to an aromatic ring is 1. The molecule has 1 atom stereocenters. The Kier molecular flexibility index (Phi) is 4.09. The van der Waals surface area contributed by atoms with Crippen molar-refractivity contribution >= 4 is 11.7 Å². The van der Waals surface area contributed by atoms with Crippen LogP contribution in [-0.4, -0.2) is 26.5 Å². The summed E-state index contributed by atoms with van der Waals surface area (Å²) in [5, 5.41) is 2.89. The second-order valence-electron chi connectivity index (χ2n) is 4.21. The quantitative estimate of drug-likeness (QED) is 0.533. The van der Waals surface area contributed by atoms with Gasteiger partial charge >= 0.3 is 0 Å². The van der Waals surface area contributed by atoms with Gasteiger partial charge < -0.3 is 15.3 Å². The zero-order valence-electron chi connectivity index (χ0n) is 10.6. The van der Waals surface area contributed by atoms with Crippen LogP contribution in [0, 0.1) is 0 Å². The fraction of sp³-hybridized carbons (Fsp3) is 0.250. The number of hydrogen-bond acceptors (Lipinski definition) is 5. The van der Waals surface area contributed by atoms with Crippen molar-refractivity contribution in [1.82, 2.24) is 19.9 Å². The Morgan fingerprint density at radius 2 is 2.37 bits per heavy atom. The number of hydrogen-bond donors (Lipinski definition) is 3. The maximum absolute atomic E-state index is 12.0. The number of carbonyl (C=O) groups is 1. The minimum Gasteiger partial charge on any atom is -0.348 e. The number of pyridine rings is 1. The van der Waals surface area contributed by atoms with Crippen molar-refractivity contribution in [3.8, 4) is 0 Å². The number of aromatic nitrogens is 3. The van der Waals surface area contributed by atoms with Crippen molar-refractivity contribution in [3.63, 3.8) is 0 Å². The molecule has 2 aromatic heterocycles. The number of carbonyl (C=O) groups excluding carboxylic acids is 1. The zero-order chi connectivity index (χ0) is 13.7. The molecule has 1 amide bonds. The van der Waals surface area contributed by atoms with E-state index in [2.05, 4.69) is 20.7 Å². The van der Waals surface area contributed by atoms with E-state index in [1.54, 1.807) is 24.7 Å². The number of imidazole rings is 1. The molecule has 19 heavy (non-hydrogen) atoms. The number of nitrogens with one attached hydrogen (secondary N) is 2. The smallest absolute Gasteiger partial charge is 0.253 e. The predicted octanol–water partition coefficient (Wildman–Crippen LogP) is 0.382. The molecule has 2 heterocycles. The Hall–Kier alpha value is -2.41. The monoisotopic (exact) mass is 260 g/mol. The van der Waals surface area contributed by atoms with Crippen molar-refractivity contribution in [2.24, 2.45) is 5.84 Å². The van der Waals surface area contributed by atoms with Gasteiger partial charge in [0.05, 0.1) is 11.9 Å². The Labute approximate surface area is 110 Å². The molecule has 0 aliphatic heterocycles. The van der Waals surface area contributed by atoms with Crippen LogP contribution in [0.2, 0.25) is 0 Å². The largest absolute Gasteiger partial charge is 0.348 e. The van der Waals surface area contributed by atoms with Gasteiger partial charge in [0.1, 0.15) is 5.82 Å². The molecule has 0 radical (unpaired) electrons. The van der Waals surface area contributed by atoms with Gasteiger partial charge in [0.25, 0.3) is 5.91 Å². The number of anilines is 1. The van der Waals surface area contributed by atoms with E-state index < -0.39 is 0 Å². The van der Waals surface area contributed by atoms with Crippen LogP contribution >= 0.6 is 0 Å². The Balaban J connectivity index is 1.92. The van der Waals surface area contributed by atoms with Crippen molar-refractivity contribution in [2.75, 3.05) is 5.43 Å². The normalized spacial score (nSPS) is 11.9. The van der Waals surface area contributed by atoms with Crippen molar-refractivity contribution in [1.29, 1.82) is 0 Å². The third-order valence-electron chi connectivity index (χ3n) is 2.59. The topological polar surface area (TPSA) is 97.9 Å². The standard InChI is InChI=1S/C12H16N6O/c1-9(7-18-5-4-14-8-18)16-12(19)10-2-3-11(17-13)15-6-10/h2-6,8-9H,7,13H2,1H3,(H,15,17)(H,16,19). The minimum absolute atomic E-state index is 0.00555. The number of nitrogens with zero attached hydrogens (tertiary/aromatic N) is 3. The molecule has 100 valence electrons. The first-order chi connectivity index (χ1) is 9.19. The number of amides is 1. The lowest BCUT2D eigenvalue weighted by Crippen LogP contribution is -2.35. The Morgan fingerprint density at radius 3 is 2.95 bits per heavy atom. The maximum Gasteiger partial charge on any atom is 0.253 e. The lowest BCUT2D eigenvalue weighted by Gasteiger charge is -2.14. The molecule has 0 spiro atoms. The Bertz CT molecular complexity index is 522. The summed E-state index contributed by atoms with van der Waals surface area (Å²) in [6.45, 7) is 2.60. The van der Waals surface area contributed by atoms with Gasteiger partial charge in [-0.3, -0.25) is 4.79 Å². The van der Waals surface area contributed by atoms with Crippen molar-refractivity contribution in [2.45, 2.75) is 19.5 Å². The van der Waals surface area contributed by atoms with E-state index in [4.69, 9.17) is 5.84 Å². The second kappa shape index (κ2) is 5.96. The second-order valence-corrected chi connectivity index (χ2v) is 4.21. The van der Waals surface area contributed by atoms with Crippen LogP contribution in [0.15, 0.2) is 37.1 Å². The van der Waals surface area contributed by atoms with Gasteiger partial charge in [0, 0.05) is 31.2 Å². The van der Waals surface area contributed by atoms with Crippen LogP contribution in [0.25, 0.3) is 0 Å². The maximum atomic E-state index is 12.0. The van der Waals surface area contributed by atoms with Gasteiger partial charge in [0.2, 0.25) is 0 Å². The molecule has 0 aliphatic rings. The molecule has 7 nitrogen and oxygen atoms in total. The van der Waals surface area contributed by atoms with Crippen molar-refractivity contribution < 1.29 is 4.79 Å². The van der Waals surface area contributed by atoms with Crippen LogP contribution in [0.4, 0.5) is 5.82 Å².